The van der Waals surface area contributed by atoms with Gasteiger partial charge in [-0.25, -0.2) is 0 Å². The summed E-state index contributed by atoms with van der Waals surface area (Å²) in [5.74, 6) is -0.698. The molecule has 0 spiro atoms. The summed E-state index contributed by atoms with van der Waals surface area (Å²) < 4.78 is 2.18. The first-order valence-electron chi connectivity index (χ1n) is 10.4. The summed E-state index contributed by atoms with van der Waals surface area (Å²) in [5, 5.41) is 4.42. The fourth-order valence-corrected chi connectivity index (χ4v) is 4.44. The Hall–Kier alpha value is -3.35. The van der Waals surface area contributed by atoms with Gasteiger partial charge in [0, 0.05) is 51.9 Å². The van der Waals surface area contributed by atoms with Crippen molar-refractivity contribution in [1.82, 2.24) is 19.8 Å². The Labute approximate surface area is 192 Å². The number of imide groups is 1. The fourth-order valence-electron chi connectivity index (χ4n) is 4.44. The normalized spacial score (nSPS) is 14.0. The van der Waals surface area contributed by atoms with Gasteiger partial charge in [0.05, 0.1) is 11.1 Å². The van der Waals surface area contributed by atoms with Crippen LogP contribution in [0.5, 0.6) is 0 Å². The number of nitrogens with one attached hydrogen (secondary N) is 2. The minimum Gasteiger partial charge on any atom is -0.361 e. The molecule has 2 aromatic heterocycles. The minimum atomic E-state index is -0.353. The van der Waals surface area contributed by atoms with E-state index in [1.54, 1.807) is 0 Å². The van der Waals surface area contributed by atoms with Gasteiger partial charge in [-0.1, -0.05) is 36.4 Å². The number of para-hydroxylation sites is 2. The molecule has 7 heteroatoms. The second kappa shape index (κ2) is 8.65. The summed E-state index contributed by atoms with van der Waals surface area (Å²) in [5.41, 5.74) is 4.41. The number of hydrogen-bond acceptors (Lipinski definition) is 3. The monoisotopic (exact) mass is 448 g/mol. The molecule has 32 heavy (non-hydrogen) atoms. The smallest absolute Gasteiger partial charge is 0.259 e. The number of halogens is 1. The van der Waals surface area contributed by atoms with Crippen molar-refractivity contribution in [2.75, 3.05) is 20.6 Å². The Morgan fingerprint density at radius 2 is 1.53 bits per heavy atom. The van der Waals surface area contributed by atoms with Gasteiger partial charge in [-0.2, -0.15) is 0 Å². The standard InChI is InChI=1S/C25H24N4O2.ClH/c1-28(2)12-7-13-29-15-19(17-9-4-6-11-21(17)29)23-22(24(30)27-25(23)31)18-14-26-20-10-5-3-8-16(18)20;/h3-6,8-11,14-15,26H,7,12-13H2,1-2H3,(H,27,30,31);1H. The molecule has 0 saturated carbocycles. The molecular weight excluding hydrogens is 424 g/mol. The molecule has 0 saturated heterocycles. The molecule has 2 N–H and O–H groups in total. The minimum absolute atomic E-state index is 0. The number of aromatic nitrogens is 2. The highest BCUT2D eigenvalue weighted by atomic mass is 35.5. The summed E-state index contributed by atoms with van der Waals surface area (Å²) in [7, 11) is 4.12. The van der Waals surface area contributed by atoms with E-state index >= 15 is 0 Å². The number of amides is 2. The average Bonchev–Trinajstić information content (AvgIpc) is 3.41. The quantitative estimate of drug-likeness (QED) is 0.437. The van der Waals surface area contributed by atoms with Crippen LogP contribution in [0, 0.1) is 0 Å². The van der Waals surface area contributed by atoms with Crippen molar-refractivity contribution >= 4 is 57.2 Å². The molecular formula is C25H25ClN4O2. The van der Waals surface area contributed by atoms with E-state index in [1.807, 2.05) is 54.9 Å². The molecule has 0 unspecified atom stereocenters. The van der Waals surface area contributed by atoms with Gasteiger partial charge < -0.3 is 14.5 Å². The maximum absolute atomic E-state index is 13.0. The predicted octanol–water partition coefficient (Wildman–Crippen LogP) is 4.06. The lowest BCUT2D eigenvalue weighted by Crippen LogP contribution is -2.22. The van der Waals surface area contributed by atoms with E-state index in [-0.39, 0.29) is 24.2 Å². The van der Waals surface area contributed by atoms with Crippen LogP contribution >= 0.6 is 12.4 Å². The average molecular weight is 449 g/mol. The molecule has 4 aromatic rings. The van der Waals surface area contributed by atoms with Crippen LogP contribution in [-0.2, 0) is 16.1 Å². The van der Waals surface area contributed by atoms with Crippen LogP contribution in [0.25, 0.3) is 33.0 Å². The van der Waals surface area contributed by atoms with E-state index in [0.29, 0.717) is 11.1 Å². The lowest BCUT2D eigenvalue weighted by molar-refractivity contribution is -0.122. The first kappa shape index (κ1) is 21.9. The first-order chi connectivity index (χ1) is 15.0. The number of aryl methyl sites for hydroxylation is 1. The van der Waals surface area contributed by atoms with Crippen LogP contribution in [0.4, 0.5) is 0 Å². The number of carbonyl (C=O) groups excluding carboxylic acids is 2. The summed E-state index contributed by atoms with van der Waals surface area (Å²) in [6.07, 6.45) is 4.82. The van der Waals surface area contributed by atoms with Gasteiger partial charge in [-0.3, -0.25) is 14.9 Å². The molecule has 2 amide bonds. The largest absolute Gasteiger partial charge is 0.361 e. The number of carbonyl (C=O) groups is 2. The highest BCUT2D eigenvalue weighted by molar-refractivity contribution is 6.50. The van der Waals surface area contributed by atoms with Crippen molar-refractivity contribution in [1.29, 1.82) is 0 Å². The lowest BCUT2D eigenvalue weighted by atomic mass is 9.95. The molecule has 0 fully saturated rings. The molecule has 2 aromatic carbocycles. The fraction of sp³-hybridized carbons (Fsp3) is 0.200. The number of benzene rings is 2. The van der Waals surface area contributed by atoms with E-state index in [4.69, 9.17) is 0 Å². The van der Waals surface area contributed by atoms with Gasteiger partial charge in [-0.05, 0) is 39.2 Å². The second-order valence-corrected chi connectivity index (χ2v) is 8.19. The van der Waals surface area contributed by atoms with Crippen LogP contribution in [0.15, 0.2) is 60.9 Å². The molecule has 6 nitrogen and oxygen atoms in total. The molecule has 0 atom stereocenters. The summed E-state index contributed by atoms with van der Waals surface area (Å²) in [4.78, 5) is 31.2. The Balaban J connectivity index is 0.00000245. The third-order valence-corrected chi connectivity index (χ3v) is 5.85. The number of hydrogen-bond donors (Lipinski definition) is 2. The molecule has 1 aliphatic heterocycles. The highest BCUT2D eigenvalue weighted by Crippen LogP contribution is 2.38. The third-order valence-electron chi connectivity index (χ3n) is 5.85. The van der Waals surface area contributed by atoms with Gasteiger partial charge in [-0.15, -0.1) is 12.4 Å². The van der Waals surface area contributed by atoms with Gasteiger partial charge in [0.1, 0.15) is 0 Å². The van der Waals surface area contributed by atoms with Gasteiger partial charge in [0.25, 0.3) is 11.8 Å². The summed E-state index contributed by atoms with van der Waals surface area (Å²) in [6.45, 7) is 1.81. The number of H-pyrrole nitrogens is 1. The van der Waals surface area contributed by atoms with Crippen LogP contribution < -0.4 is 5.32 Å². The zero-order valence-electron chi connectivity index (χ0n) is 18.0. The molecule has 0 radical (unpaired) electrons. The number of aromatic amines is 1. The summed E-state index contributed by atoms with van der Waals surface area (Å²) in [6, 6.07) is 15.9. The van der Waals surface area contributed by atoms with Crippen LogP contribution in [0.1, 0.15) is 17.5 Å². The molecule has 3 heterocycles. The van der Waals surface area contributed by atoms with E-state index in [1.165, 1.54) is 0 Å². The Bertz CT molecular complexity index is 1360. The van der Waals surface area contributed by atoms with Gasteiger partial charge in [0.15, 0.2) is 0 Å². The maximum atomic E-state index is 13.0. The van der Waals surface area contributed by atoms with Crippen molar-refractivity contribution < 1.29 is 9.59 Å². The topological polar surface area (TPSA) is 70.1 Å². The Morgan fingerprint density at radius 3 is 2.28 bits per heavy atom. The zero-order chi connectivity index (χ0) is 21.5. The second-order valence-electron chi connectivity index (χ2n) is 8.19. The van der Waals surface area contributed by atoms with Gasteiger partial charge in [0.2, 0.25) is 0 Å². The van der Waals surface area contributed by atoms with Crippen LogP contribution in [-0.4, -0.2) is 46.9 Å². The predicted molar refractivity (Wildman–Crippen MR) is 131 cm³/mol. The van der Waals surface area contributed by atoms with Crippen molar-refractivity contribution in [3.05, 3.63) is 72.1 Å². The molecule has 164 valence electrons. The van der Waals surface area contributed by atoms with Crippen molar-refractivity contribution in [2.45, 2.75) is 13.0 Å². The SMILES string of the molecule is CN(C)CCCn1cc(C2=C(c3c[nH]c4ccccc34)C(=O)NC2=O)c2ccccc21.Cl. The molecule has 5 rings (SSSR count). The number of fused-ring (bicyclic) bond motifs is 2. The van der Waals surface area contributed by atoms with E-state index in [0.717, 1.165) is 52.4 Å². The van der Waals surface area contributed by atoms with Crippen molar-refractivity contribution in [3.63, 3.8) is 0 Å². The zero-order valence-corrected chi connectivity index (χ0v) is 18.8. The molecule has 0 aliphatic carbocycles. The van der Waals surface area contributed by atoms with Crippen molar-refractivity contribution in [3.8, 4) is 0 Å². The molecule has 1 aliphatic rings. The third kappa shape index (κ3) is 3.61. The van der Waals surface area contributed by atoms with E-state index in [9.17, 15) is 9.59 Å². The van der Waals surface area contributed by atoms with Gasteiger partial charge >= 0.3 is 0 Å². The van der Waals surface area contributed by atoms with E-state index in [2.05, 4.69) is 39.9 Å². The van der Waals surface area contributed by atoms with E-state index < -0.39 is 0 Å². The number of nitrogens with zero attached hydrogens (tertiary/aromatic N) is 2. The van der Waals surface area contributed by atoms with Crippen LogP contribution in [0.2, 0.25) is 0 Å². The Kier molecular flexibility index (Phi) is 5.91. The lowest BCUT2D eigenvalue weighted by Gasteiger charge is -2.10. The van der Waals surface area contributed by atoms with Crippen molar-refractivity contribution in [2.24, 2.45) is 0 Å². The highest BCUT2D eigenvalue weighted by Gasteiger charge is 2.34. The summed E-state index contributed by atoms with van der Waals surface area (Å²) >= 11 is 0. The van der Waals surface area contributed by atoms with Crippen LogP contribution in [0.3, 0.4) is 0 Å². The maximum Gasteiger partial charge on any atom is 0.259 e. The number of rotatable bonds is 6. The molecule has 0 bridgehead atoms. The first-order valence-corrected chi connectivity index (χ1v) is 10.4. The Morgan fingerprint density at radius 1 is 0.875 bits per heavy atom.